The third-order valence-electron chi connectivity index (χ3n) is 6.02. The molecule has 2 fully saturated rings. The number of nitro groups is 1. The molecule has 0 aromatic heterocycles. The van der Waals surface area contributed by atoms with E-state index >= 15 is 0 Å². The first kappa shape index (κ1) is 22.6. The van der Waals surface area contributed by atoms with Crippen molar-refractivity contribution in [1.82, 2.24) is 9.80 Å². The Labute approximate surface area is 191 Å². The number of benzene rings is 2. The van der Waals surface area contributed by atoms with Crippen LogP contribution in [0.5, 0.6) is 0 Å². The van der Waals surface area contributed by atoms with Gasteiger partial charge in [-0.15, -0.1) is 0 Å². The molecule has 0 spiro atoms. The van der Waals surface area contributed by atoms with Crippen molar-refractivity contribution in [3.05, 3.63) is 80.9 Å². The van der Waals surface area contributed by atoms with Gasteiger partial charge in [-0.3, -0.25) is 24.6 Å². The Morgan fingerprint density at radius 1 is 1.12 bits per heavy atom. The zero-order valence-corrected chi connectivity index (χ0v) is 18.3. The second-order valence-electron chi connectivity index (χ2n) is 8.16. The number of aryl methyl sites for hydroxylation is 1. The van der Waals surface area contributed by atoms with Gasteiger partial charge in [0.25, 0.3) is 17.4 Å². The fourth-order valence-electron chi connectivity index (χ4n) is 4.21. The van der Waals surface area contributed by atoms with Gasteiger partial charge in [-0.2, -0.15) is 0 Å². The molecular weight excluding hydrogens is 426 g/mol. The number of carbonyl (C=O) groups is 2. The second-order valence-corrected chi connectivity index (χ2v) is 8.16. The van der Waals surface area contributed by atoms with Crippen molar-refractivity contribution in [1.29, 1.82) is 0 Å². The van der Waals surface area contributed by atoms with Crippen LogP contribution in [0, 0.1) is 17.0 Å². The lowest BCUT2D eigenvalue weighted by molar-refractivity contribution is -0.384. The van der Waals surface area contributed by atoms with Crippen LogP contribution in [0.3, 0.4) is 0 Å². The molecular formula is C24H25N3O6. The molecule has 9 nitrogen and oxygen atoms in total. The van der Waals surface area contributed by atoms with Crippen LogP contribution in [0.25, 0.3) is 5.76 Å². The third-order valence-corrected chi connectivity index (χ3v) is 6.02. The number of hydrogen-bond acceptors (Lipinski definition) is 7. The summed E-state index contributed by atoms with van der Waals surface area (Å²) in [5, 5.41) is 22.4. The molecule has 2 aliphatic rings. The van der Waals surface area contributed by atoms with Crippen molar-refractivity contribution in [3.8, 4) is 0 Å². The van der Waals surface area contributed by atoms with Crippen LogP contribution in [0.2, 0.25) is 0 Å². The van der Waals surface area contributed by atoms with E-state index in [-0.39, 0.29) is 23.6 Å². The number of ether oxygens (including phenoxy) is 1. The van der Waals surface area contributed by atoms with Crippen LogP contribution in [0.4, 0.5) is 5.69 Å². The number of morpholine rings is 1. The summed E-state index contributed by atoms with van der Waals surface area (Å²) in [6.07, 6.45) is 0. The molecule has 2 saturated heterocycles. The Bertz CT molecular complexity index is 1110. The predicted octanol–water partition coefficient (Wildman–Crippen LogP) is 2.66. The molecule has 4 rings (SSSR count). The highest BCUT2D eigenvalue weighted by atomic mass is 16.6. The Morgan fingerprint density at radius 3 is 2.48 bits per heavy atom. The highest BCUT2D eigenvalue weighted by Gasteiger charge is 2.46. The second kappa shape index (κ2) is 9.51. The lowest BCUT2D eigenvalue weighted by Gasteiger charge is -2.31. The quantitative estimate of drug-likeness (QED) is 0.236. The highest BCUT2D eigenvalue weighted by molar-refractivity contribution is 6.46. The number of Topliss-reactive ketones (excluding diaryl/α,β-unsaturated/α-hetero) is 1. The molecule has 2 aromatic carbocycles. The first-order chi connectivity index (χ1) is 15.9. The molecule has 0 aliphatic carbocycles. The van der Waals surface area contributed by atoms with E-state index in [9.17, 15) is 24.8 Å². The Kier molecular flexibility index (Phi) is 6.52. The standard InChI is InChI=1S/C24H25N3O6/c1-16-5-7-17(8-6-16)22(28)20-21(18-3-2-4-19(15-18)27(31)32)26(24(30)23(20)29)10-9-25-11-13-33-14-12-25/h2-8,15,21,28H,9-14H2,1H3/t21-/m1/s1. The summed E-state index contributed by atoms with van der Waals surface area (Å²) in [4.78, 5) is 40.5. The minimum absolute atomic E-state index is 0.0636. The van der Waals surface area contributed by atoms with Gasteiger partial charge < -0.3 is 14.7 Å². The highest BCUT2D eigenvalue weighted by Crippen LogP contribution is 2.40. The molecule has 1 amide bonds. The van der Waals surface area contributed by atoms with E-state index in [1.807, 2.05) is 6.92 Å². The van der Waals surface area contributed by atoms with E-state index in [0.717, 1.165) is 18.7 Å². The number of carbonyl (C=O) groups excluding carboxylic acids is 2. The van der Waals surface area contributed by atoms with Crippen LogP contribution >= 0.6 is 0 Å². The first-order valence-electron chi connectivity index (χ1n) is 10.8. The van der Waals surface area contributed by atoms with Crippen molar-refractivity contribution in [2.24, 2.45) is 0 Å². The molecule has 2 aliphatic heterocycles. The van der Waals surface area contributed by atoms with E-state index in [1.165, 1.54) is 23.1 Å². The number of rotatable bonds is 6. The molecule has 1 N–H and O–H groups in total. The molecule has 2 heterocycles. The van der Waals surface area contributed by atoms with Crippen molar-refractivity contribution in [2.75, 3.05) is 39.4 Å². The van der Waals surface area contributed by atoms with Crippen LogP contribution in [-0.2, 0) is 14.3 Å². The smallest absolute Gasteiger partial charge is 0.295 e. The van der Waals surface area contributed by atoms with Crippen molar-refractivity contribution in [2.45, 2.75) is 13.0 Å². The van der Waals surface area contributed by atoms with Crippen molar-refractivity contribution < 1.29 is 24.4 Å². The topological polar surface area (TPSA) is 113 Å². The predicted molar refractivity (Wildman–Crippen MR) is 121 cm³/mol. The molecule has 0 saturated carbocycles. The maximum atomic E-state index is 13.1. The fourth-order valence-corrected chi connectivity index (χ4v) is 4.21. The molecule has 0 unspecified atom stereocenters. The van der Waals surface area contributed by atoms with Gasteiger partial charge in [0.15, 0.2) is 0 Å². The number of likely N-dealkylation sites (tertiary alicyclic amines) is 1. The maximum Gasteiger partial charge on any atom is 0.295 e. The summed E-state index contributed by atoms with van der Waals surface area (Å²) < 4.78 is 5.36. The number of hydrogen-bond donors (Lipinski definition) is 1. The minimum atomic E-state index is -0.924. The largest absolute Gasteiger partial charge is 0.507 e. The van der Waals surface area contributed by atoms with Crippen molar-refractivity contribution in [3.63, 3.8) is 0 Å². The zero-order valence-electron chi connectivity index (χ0n) is 18.3. The van der Waals surface area contributed by atoms with E-state index < -0.39 is 22.7 Å². The summed E-state index contributed by atoms with van der Waals surface area (Å²) >= 11 is 0. The molecule has 172 valence electrons. The summed E-state index contributed by atoms with van der Waals surface area (Å²) in [7, 11) is 0. The summed E-state index contributed by atoms with van der Waals surface area (Å²) in [6.45, 7) is 5.29. The maximum absolute atomic E-state index is 13.1. The van der Waals surface area contributed by atoms with Gasteiger partial charge in [0.2, 0.25) is 0 Å². The number of aliphatic hydroxyl groups is 1. The summed E-state index contributed by atoms with van der Waals surface area (Å²) in [5.41, 5.74) is 1.57. The van der Waals surface area contributed by atoms with E-state index in [0.29, 0.717) is 30.9 Å². The van der Waals surface area contributed by atoms with Gasteiger partial charge in [0, 0.05) is 43.9 Å². The van der Waals surface area contributed by atoms with Crippen LogP contribution < -0.4 is 0 Å². The van der Waals surface area contributed by atoms with Gasteiger partial charge in [0.05, 0.1) is 29.8 Å². The van der Waals surface area contributed by atoms with Gasteiger partial charge >= 0.3 is 0 Å². The van der Waals surface area contributed by atoms with E-state index in [4.69, 9.17) is 4.74 Å². The third kappa shape index (κ3) is 4.64. The number of ketones is 1. The van der Waals surface area contributed by atoms with Crippen LogP contribution in [-0.4, -0.2) is 70.9 Å². The first-order valence-corrected chi connectivity index (χ1v) is 10.8. The van der Waals surface area contributed by atoms with Gasteiger partial charge in [0.1, 0.15) is 5.76 Å². The summed E-state index contributed by atoms with van der Waals surface area (Å²) in [5.74, 6) is -1.82. The van der Waals surface area contributed by atoms with Crippen molar-refractivity contribution >= 4 is 23.1 Å². The SMILES string of the molecule is Cc1ccc(C(O)=C2C(=O)C(=O)N(CCN3CCOCC3)[C@@H]2c2cccc([N+](=O)[O-])c2)cc1. The average molecular weight is 451 g/mol. The molecule has 0 radical (unpaired) electrons. The number of nitrogens with zero attached hydrogens (tertiary/aromatic N) is 3. The fraction of sp³-hybridized carbons (Fsp3) is 0.333. The monoisotopic (exact) mass is 451 g/mol. The number of aliphatic hydroxyl groups excluding tert-OH is 1. The van der Waals surface area contributed by atoms with Gasteiger partial charge in [-0.05, 0) is 12.5 Å². The van der Waals surface area contributed by atoms with E-state index in [2.05, 4.69) is 4.90 Å². The summed E-state index contributed by atoms with van der Waals surface area (Å²) in [6, 6.07) is 11.9. The lowest BCUT2D eigenvalue weighted by Crippen LogP contribution is -2.42. The Morgan fingerprint density at radius 2 is 1.82 bits per heavy atom. The molecule has 2 aromatic rings. The molecule has 33 heavy (non-hydrogen) atoms. The number of nitro benzene ring substituents is 1. The van der Waals surface area contributed by atoms with Gasteiger partial charge in [-0.25, -0.2) is 0 Å². The number of non-ortho nitro benzene ring substituents is 1. The van der Waals surface area contributed by atoms with Crippen LogP contribution in [0.15, 0.2) is 54.1 Å². The van der Waals surface area contributed by atoms with E-state index in [1.54, 1.807) is 30.3 Å². The minimum Gasteiger partial charge on any atom is -0.507 e. The zero-order chi connectivity index (χ0) is 23.5. The van der Waals surface area contributed by atoms with Crippen LogP contribution in [0.1, 0.15) is 22.7 Å². The number of amides is 1. The molecule has 0 bridgehead atoms. The average Bonchev–Trinajstić information content (AvgIpc) is 3.08. The lowest BCUT2D eigenvalue weighted by atomic mass is 9.94. The Balaban J connectivity index is 1.77. The molecule has 1 atom stereocenters. The molecule has 9 heteroatoms. The normalized spacial score (nSPS) is 20.9. The Hall–Kier alpha value is -3.56. The van der Waals surface area contributed by atoms with Gasteiger partial charge in [-0.1, -0.05) is 42.0 Å².